The standard InChI is InChI=1S/C10H15N3O/c1-7-11-8(6-9(14)12-7)13-10(2)4-3-5-10/h6H,3-5H2,1-2H3,(H2,11,12,13,14). The van der Waals surface area contributed by atoms with Crippen LogP contribution in [0.5, 0.6) is 0 Å². The highest BCUT2D eigenvalue weighted by molar-refractivity contribution is 5.37. The molecule has 1 aromatic heterocycles. The number of hydrogen-bond acceptors (Lipinski definition) is 3. The van der Waals surface area contributed by atoms with Gasteiger partial charge in [0, 0.05) is 11.6 Å². The highest BCUT2D eigenvalue weighted by atomic mass is 16.1. The van der Waals surface area contributed by atoms with Crippen molar-refractivity contribution < 1.29 is 0 Å². The van der Waals surface area contributed by atoms with E-state index in [1.807, 2.05) is 0 Å². The number of H-pyrrole nitrogens is 1. The van der Waals surface area contributed by atoms with E-state index in [1.54, 1.807) is 6.92 Å². The summed E-state index contributed by atoms with van der Waals surface area (Å²) < 4.78 is 0. The summed E-state index contributed by atoms with van der Waals surface area (Å²) in [5.74, 6) is 1.34. The number of nitrogens with one attached hydrogen (secondary N) is 2. The van der Waals surface area contributed by atoms with E-state index in [2.05, 4.69) is 22.2 Å². The van der Waals surface area contributed by atoms with Crippen molar-refractivity contribution in [2.75, 3.05) is 5.32 Å². The fourth-order valence-electron chi connectivity index (χ4n) is 1.78. The van der Waals surface area contributed by atoms with Gasteiger partial charge in [0.25, 0.3) is 5.56 Å². The van der Waals surface area contributed by atoms with Crippen LogP contribution in [-0.2, 0) is 0 Å². The van der Waals surface area contributed by atoms with E-state index < -0.39 is 0 Å². The van der Waals surface area contributed by atoms with Crippen molar-refractivity contribution in [3.8, 4) is 0 Å². The first-order valence-electron chi connectivity index (χ1n) is 4.94. The van der Waals surface area contributed by atoms with Crippen molar-refractivity contribution in [2.24, 2.45) is 0 Å². The highest BCUT2D eigenvalue weighted by Gasteiger charge is 2.31. The Bertz CT molecular complexity index is 393. The van der Waals surface area contributed by atoms with Crippen LogP contribution in [-0.4, -0.2) is 15.5 Å². The zero-order chi connectivity index (χ0) is 10.2. The van der Waals surface area contributed by atoms with Gasteiger partial charge in [-0.2, -0.15) is 0 Å². The molecule has 2 N–H and O–H groups in total. The van der Waals surface area contributed by atoms with Crippen LogP contribution in [0.25, 0.3) is 0 Å². The predicted octanol–water partition coefficient (Wildman–Crippen LogP) is 1.43. The molecular weight excluding hydrogens is 178 g/mol. The van der Waals surface area contributed by atoms with Gasteiger partial charge in [0.15, 0.2) is 0 Å². The molecule has 4 heteroatoms. The minimum absolute atomic E-state index is 0.0945. The molecule has 1 aliphatic carbocycles. The molecule has 1 fully saturated rings. The fourth-order valence-corrected chi connectivity index (χ4v) is 1.78. The van der Waals surface area contributed by atoms with Gasteiger partial charge >= 0.3 is 0 Å². The second-order valence-electron chi connectivity index (χ2n) is 4.26. The monoisotopic (exact) mass is 193 g/mol. The van der Waals surface area contributed by atoms with E-state index in [-0.39, 0.29) is 11.1 Å². The zero-order valence-electron chi connectivity index (χ0n) is 8.55. The molecule has 4 nitrogen and oxygen atoms in total. The van der Waals surface area contributed by atoms with Crippen LogP contribution in [0.3, 0.4) is 0 Å². The third kappa shape index (κ3) is 1.78. The minimum atomic E-state index is -0.0945. The van der Waals surface area contributed by atoms with Crippen LogP contribution < -0.4 is 10.9 Å². The molecule has 2 rings (SSSR count). The Morgan fingerprint density at radius 3 is 2.79 bits per heavy atom. The molecule has 0 radical (unpaired) electrons. The third-order valence-corrected chi connectivity index (χ3v) is 2.75. The van der Waals surface area contributed by atoms with Crippen LogP contribution in [0.1, 0.15) is 32.0 Å². The molecule has 0 amide bonds. The van der Waals surface area contributed by atoms with Gasteiger partial charge in [-0.05, 0) is 33.1 Å². The number of rotatable bonds is 2. The van der Waals surface area contributed by atoms with Crippen molar-refractivity contribution in [1.82, 2.24) is 9.97 Å². The first-order valence-corrected chi connectivity index (χ1v) is 4.94. The predicted molar refractivity (Wildman–Crippen MR) is 55.5 cm³/mol. The van der Waals surface area contributed by atoms with Crippen LogP contribution >= 0.6 is 0 Å². The van der Waals surface area contributed by atoms with Gasteiger partial charge in [0.1, 0.15) is 11.6 Å². The fraction of sp³-hybridized carbons (Fsp3) is 0.600. The topological polar surface area (TPSA) is 57.8 Å². The molecule has 1 aromatic rings. The first kappa shape index (κ1) is 9.24. The molecule has 14 heavy (non-hydrogen) atoms. The van der Waals surface area contributed by atoms with Gasteiger partial charge in [0.05, 0.1) is 0 Å². The molecule has 1 saturated carbocycles. The molecule has 76 valence electrons. The molecule has 0 saturated heterocycles. The number of aromatic nitrogens is 2. The van der Waals surface area contributed by atoms with Crippen molar-refractivity contribution in [1.29, 1.82) is 0 Å². The summed E-state index contributed by atoms with van der Waals surface area (Å²) in [6, 6.07) is 1.51. The van der Waals surface area contributed by atoms with E-state index in [0.717, 1.165) is 12.8 Å². The smallest absolute Gasteiger partial charge is 0.252 e. The van der Waals surface area contributed by atoms with Gasteiger partial charge in [-0.25, -0.2) is 4.98 Å². The van der Waals surface area contributed by atoms with Gasteiger partial charge < -0.3 is 10.3 Å². The lowest BCUT2D eigenvalue weighted by Gasteiger charge is -2.39. The molecule has 0 bridgehead atoms. The molecule has 0 aliphatic heterocycles. The van der Waals surface area contributed by atoms with Crippen molar-refractivity contribution in [3.05, 3.63) is 22.2 Å². The summed E-state index contributed by atoms with van der Waals surface area (Å²) in [6.07, 6.45) is 3.56. The SMILES string of the molecule is Cc1nc(NC2(C)CCC2)cc(=O)[nH]1. The van der Waals surface area contributed by atoms with Crippen LogP contribution in [0, 0.1) is 6.92 Å². The first-order chi connectivity index (χ1) is 6.57. The van der Waals surface area contributed by atoms with Crippen LogP contribution in [0.4, 0.5) is 5.82 Å². The maximum atomic E-state index is 11.2. The molecule has 0 aromatic carbocycles. The Kier molecular flexibility index (Phi) is 2.06. The lowest BCUT2D eigenvalue weighted by atomic mass is 9.78. The van der Waals surface area contributed by atoms with Crippen LogP contribution in [0.15, 0.2) is 10.9 Å². The maximum Gasteiger partial charge on any atom is 0.252 e. The third-order valence-electron chi connectivity index (χ3n) is 2.75. The van der Waals surface area contributed by atoms with Gasteiger partial charge in [-0.1, -0.05) is 0 Å². The number of anilines is 1. The molecule has 0 spiro atoms. The molecule has 0 unspecified atom stereocenters. The van der Waals surface area contributed by atoms with E-state index in [0.29, 0.717) is 11.6 Å². The van der Waals surface area contributed by atoms with E-state index in [1.165, 1.54) is 12.5 Å². The normalized spacial score (nSPS) is 18.7. The summed E-state index contributed by atoms with van der Waals surface area (Å²) >= 11 is 0. The second-order valence-corrected chi connectivity index (χ2v) is 4.26. The highest BCUT2D eigenvalue weighted by Crippen LogP contribution is 2.33. The molecule has 1 aliphatic rings. The summed E-state index contributed by atoms with van der Waals surface area (Å²) in [4.78, 5) is 18.0. The quantitative estimate of drug-likeness (QED) is 0.747. The van der Waals surface area contributed by atoms with Gasteiger partial charge in [0.2, 0.25) is 0 Å². The Morgan fingerprint density at radius 1 is 1.57 bits per heavy atom. The average molecular weight is 193 g/mol. The summed E-state index contributed by atoms with van der Waals surface area (Å²) in [6.45, 7) is 3.95. The number of nitrogens with zero attached hydrogens (tertiary/aromatic N) is 1. The Labute approximate surface area is 82.8 Å². The molecule has 0 atom stereocenters. The van der Waals surface area contributed by atoms with Crippen molar-refractivity contribution >= 4 is 5.82 Å². The second kappa shape index (κ2) is 3.12. The molecule has 1 heterocycles. The largest absolute Gasteiger partial charge is 0.365 e. The summed E-state index contributed by atoms with van der Waals surface area (Å²) in [5.41, 5.74) is 0.0515. The Hall–Kier alpha value is -1.32. The summed E-state index contributed by atoms with van der Waals surface area (Å²) in [5, 5.41) is 3.31. The summed E-state index contributed by atoms with van der Waals surface area (Å²) in [7, 11) is 0. The number of hydrogen-bond donors (Lipinski definition) is 2. The Morgan fingerprint density at radius 2 is 2.29 bits per heavy atom. The lowest BCUT2D eigenvalue weighted by molar-refractivity contribution is 0.305. The number of aryl methyl sites for hydroxylation is 1. The van der Waals surface area contributed by atoms with Crippen molar-refractivity contribution in [2.45, 2.75) is 38.6 Å². The molecular formula is C10H15N3O. The van der Waals surface area contributed by atoms with E-state index in [4.69, 9.17) is 0 Å². The van der Waals surface area contributed by atoms with E-state index >= 15 is 0 Å². The zero-order valence-corrected chi connectivity index (χ0v) is 8.55. The average Bonchev–Trinajstić information content (AvgIpc) is 1.99. The van der Waals surface area contributed by atoms with Crippen molar-refractivity contribution in [3.63, 3.8) is 0 Å². The number of aromatic amines is 1. The van der Waals surface area contributed by atoms with Gasteiger partial charge in [-0.3, -0.25) is 4.79 Å². The van der Waals surface area contributed by atoms with Gasteiger partial charge in [-0.15, -0.1) is 0 Å². The van der Waals surface area contributed by atoms with Crippen LogP contribution in [0.2, 0.25) is 0 Å². The minimum Gasteiger partial charge on any atom is -0.365 e. The Balaban J connectivity index is 2.20. The maximum absolute atomic E-state index is 11.2. The van der Waals surface area contributed by atoms with E-state index in [9.17, 15) is 4.79 Å². The lowest BCUT2D eigenvalue weighted by Crippen LogP contribution is -2.42.